The number of fused-ring (bicyclic) bond motifs is 1. The van der Waals surface area contributed by atoms with Crippen LogP contribution in [0, 0.1) is 12.8 Å². The minimum absolute atomic E-state index is 0.304. The lowest BCUT2D eigenvalue weighted by Gasteiger charge is -2.35. The van der Waals surface area contributed by atoms with Gasteiger partial charge in [0.15, 0.2) is 0 Å². The van der Waals surface area contributed by atoms with Gasteiger partial charge < -0.3 is 9.30 Å². The van der Waals surface area contributed by atoms with Crippen molar-refractivity contribution in [2.75, 3.05) is 26.2 Å². The highest BCUT2D eigenvalue weighted by Crippen LogP contribution is 2.27. The van der Waals surface area contributed by atoms with E-state index in [4.69, 9.17) is 4.98 Å². The van der Waals surface area contributed by atoms with Crippen molar-refractivity contribution in [2.24, 2.45) is 5.92 Å². The molecule has 0 bridgehead atoms. The quantitative estimate of drug-likeness (QED) is 0.870. The summed E-state index contributed by atoms with van der Waals surface area (Å²) in [6, 6.07) is 6.20. The van der Waals surface area contributed by atoms with Crippen molar-refractivity contribution in [3.63, 3.8) is 0 Å². The molecular weight excluding hydrogens is 300 g/mol. The Bertz CT molecular complexity index is 724. The molecule has 0 N–H and O–H groups in total. The standard InChI is InChI=1S/C19H26N4O/c1-15-5-4-8-18-20-17(14-23(15)18)13-21-9-11-22(12-10-21)19(24)16-6-2-3-7-16/h4-5,8,14,16H,2-3,6-7,9-13H2,1H3. The highest BCUT2D eigenvalue weighted by molar-refractivity contribution is 5.79. The summed E-state index contributed by atoms with van der Waals surface area (Å²) in [5.41, 5.74) is 3.33. The number of aryl methyl sites for hydroxylation is 1. The van der Waals surface area contributed by atoms with Gasteiger partial charge in [-0.2, -0.15) is 0 Å². The maximum atomic E-state index is 12.5. The molecule has 2 aliphatic rings. The zero-order valence-corrected chi connectivity index (χ0v) is 14.4. The van der Waals surface area contributed by atoms with Crippen LogP contribution in [0.25, 0.3) is 5.65 Å². The molecule has 4 rings (SSSR count). The first-order valence-electron chi connectivity index (χ1n) is 9.15. The number of pyridine rings is 1. The lowest BCUT2D eigenvalue weighted by Crippen LogP contribution is -2.49. The van der Waals surface area contributed by atoms with Gasteiger partial charge in [0.05, 0.1) is 5.69 Å². The van der Waals surface area contributed by atoms with E-state index in [1.54, 1.807) is 0 Å². The molecule has 0 spiro atoms. The summed E-state index contributed by atoms with van der Waals surface area (Å²) in [6.45, 7) is 6.60. The van der Waals surface area contributed by atoms with Crippen LogP contribution in [0.15, 0.2) is 24.4 Å². The Morgan fingerprint density at radius 2 is 1.92 bits per heavy atom. The molecule has 2 aromatic heterocycles. The normalized spacial score (nSPS) is 20.1. The Labute approximate surface area is 143 Å². The number of hydrogen-bond donors (Lipinski definition) is 0. The van der Waals surface area contributed by atoms with E-state index in [0.717, 1.165) is 56.9 Å². The first-order chi connectivity index (χ1) is 11.7. The molecule has 0 atom stereocenters. The summed E-state index contributed by atoms with van der Waals surface area (Å²) in [4.78, 5) is 21.7. The zero-order chi connectivity index (χ0) is 16.5. The van der Waals surface area contributed by atoms with Crippen molar-refractivity contribution >= 4 is 11.6 Å². The minimum atomic E-state index is 0.304. The van der Waals surface area contributed by atoms with E-state index in [9.17, 15) is 4.79 Å². The average molecular weight is 326 g/mol. The van der Waals surface area contributed by atoms with Crippen LogP contribution in [0.5, 0.6) is 0 Å². The molecule has 2 aromatic rings. The maximum absolute atomic E-state index is 12.5. The van der Waals surface area contributed by atoms with Crippen molar-refractivity contribution in [3.8, 4) is 0 Å². The summed E-state index contributed by atoms with van der Waals surface area (Å²) in [6.07, 6.45) is 6.79. The number of carbonyl (C=O) groups excluding carboxylic acids is 1. The van der Waals surface area contributed by atoms with E-state index < -0.39 is 0 Å². The van der Waals surface area contributed by atoms with E-state index >= 15 is 0 Å². The van der Waals surface area contributed by atoms with E-state index in [-0.39, 0.29) is 0 Å². The van der Waals surface area contributed by atoms with Gasteiger partial charge in [-0.1, -0.05) is 18.9 Å². The monoisotopic (exact) mass is 326 g/mol. The molecule has 5 nitrogen and oxygen atoms in total. The van der Waals surface area contributed by atoms with E-state index in [2.05, 4.69) is 45.5 Å². The molecule has 0 radical (unpaired) electrons. The van der Waals surface area contributed by atoms with Crippen LogP contribution in [0.3, 0.4) is 0 Å². The predicted octanol–water partition coefficient (Wildman–Crippen LogP) is 2.48. The Kier molecular flexibility index (Phi) is 4.27. The van der Waals surface area contributed by atoms with Crippen molar-refractivity contribution in [2.45, 2.75) is 39.2 Å². The molecule has 1 amide bonds. The number of nitrogens with zero attached hydrogens (tertiary/aromatic N) is 4. The fraction of sp³-hybridized carbons (Fsp3) is 0.579. The van der Waals surface area contributed by atoms with Crippen molar-refractivity contribution in [1.29, 1.82) is 0 Å². The number of piperazine rings is 1. The number of imidazole rings is 1. The van der Waals surface area contributed by atoms with Gasteiger partial charge in [0.25, 0.3) is 0 Å². The van der Waals surface area contributed by atoms with Gasteiger partial charge in [0, 0.05) is 50.5 Å². The summed E-state index contributed by atoms with van der Waals surface area (Å²) in [5, 5.41) is 0. The highest BCUT2D eigenvalue weighted by atomic mass is 16.2. The van der Waals surface area contributed by atoms with Crippen LogP contribution in [0.4, 0.5) is 0 Å². The van der Waals surface area contributed by atoms with Crippen molar-refractivity contribution in [1.82, 2.24) is 19.2 Å². The number of carbonyl (C=O) groups is 1. The second kappa shape index (κ2) is 6.55. The first-order valence-corrected chi connectivity index (χ1v) is 9.15. The summed E-state index contributed by atoms with van der Waals surface area (Å²) in [7, 11) is 0. The van der Waals surface area contributed by atoms with Gasteiger partial charge in [-0.3, -0.25) is 9.69 Å². The largest absolute Gasteiger partial charge is 0.340 e. The molecule has 5 heteroatoms. The predicted molar refractivity (Wildman–Crippen MR) is 93.7 cm³/mol. The number of amides is 1. The number of hydrogen-bond acceptors (Lipinski definition) is 3. The number of aromatic nitrogens is 2. The third-order valence-electron chi connectivity index (χ3n) is 5.52. The SMILES string of the molecule is Cc1cccc2nc(CN3CCN(C(=O)C4CCCC4)CC3)cn12. The first kappa shape index (κ1) is 15.6. The summed E-state index contributed by atoms with van der Waals surface area (Å²) >= 11 is 0. The lowest BCUT2D eigenvalue weighted by molar-refractivity contribution is -0.137. The minimum Gasteiger partial charge on any atom is -0.340 e. The molecular formula is C19H26N4O. The zero-order valence-electron chi connectivity index (χ0n) is 14.4. The van der Waals surface area contributed by atoms with Crippen molar-refractivity contribution in [3.05, 3.63) is 35.8 Å². The third-order valence-corrected chi connectivity index (χ3v) is 5.52. The van der Waals surface area contributed by atoms with Crippen LogP contribution in [0.1, 0.15) is 37.1 Å². The maximum Gasteiger partial charge on any atom is 0.225 e. The molecule has 1 saturated carbocycles. The molecule has 1 aliphatic heterocycles. The average Bonchev–Trinajstić information content (AvgIpc) is 3.25. The fourth-order valence-electron chi connectivity index (χ4n) is 4.06. The van der Waals surface area contributed by atoms with Gasteiger partial charge in [-0.15, -0.1) is 0 Å². The molecule has 3 heterocycles. The molecule has 0 unspecified atom stereocenters. The second-order valence-corrected chi connectivity index (χ2v) is 7.21. The Morgan fingerprint density at radius 3 is 2.62 bits per heavy atom. The topological polar surface area (TPSA) is 40.9 Å². The number of rotatable bonds is 3. The van der Waals surface area contributed by atoms with Crippen LogP contribution in [0.2, 0.25) is 0 Å². The van der Waals surface area contributed by atoms with Gasteiger partial charge in [-0.25, -0.2) is 4.98 Å². The molecule has 0 aromatic carbocycles. The Hall–Kier alpha value is -1.88. The van der Waals surface area contributed by atoms with Crippen molar-refractivity contribution < 1.29 is 4.79 Å². The molecule has 128 valence electrons. The molecule has 2 fully saturated rings. The van der Waals surface area contributed by atoms with E-state index in [0.29, 0.717) is 11.8 Å². The Balaban J connectivity index is 1.35. The van der Waals surface area contributed by atoms with Gasteiger partial charge in [0.2, 0.25) is 5.91 Å². The van der Waals surface area contributed by atoms with Gasteiger partial charge in [-0.05, 0) is 31.9 Å². The van der Waals surface area contributed by atoms with E-state index in [1.807, 2.05) is 0 Å². The van der Waals surface area contributed by atoms with Crippen LogP contribution in [-0.2, 0) is 11.3 Å². The van der Waals surface area contributed by atoms with Gasteiger partial charge >= 0.3 is 0 Å². The molecule has 24 heavy (non-hydrogen) atoms. The van der Waals surface area contributed by atoms with Crippen LogP contribution in [-0.4, -0.2) is 51.3 Å². The fourth-order valence-corrected chi connectivity index (χ4v) is 4.06. The highest BCUT2D eigenvalue weighted by Gasteiger charge is 2.29. The van der Waals surface area contributed by atoms with Gasteiger partial charge in [0.1, 0.15) is 5.65 Å². The second-order valence-electron chi connectivity index (χ2n) is 7.21. The Morgan fingerprint density at radius 1 is 1.17 bits per heavy atom. The summed E-state index contributed by atoms with van der Waals surface area (Å²) < 4.78 is 2.15. The third kappa shape index (κ3) is 3.05. The van der Waals surface area contributed by atoms with Crippen LogP contribution < -0.4 is 0 Å². The van der Waals surface area contributed by atoms with E-state index in [1.165, 1.54) is 18.5 Å². The smallest absolute Gasteiger partial charge is 0.225 e. The molecule has 1 saturated heterocycles. The summed E-state index contributed by atoms with van der Waals surface area (Å²) in [5.74, 6) is 0.702. The lowest BCUT2D eigenvalue weighted by atomic mass is 10.1. The van der Waals surface area contributed by atoms with Crippen LogP contribution >= 0.6 is 0 Å². The molecule has 1 aliphatic carbocycles.